The second-order valence-corrected chi connectivity index (χ2v) is 8.92. The van der Waals surface area contributed by atoms with E-state index in [9.17, 15) is 14.7 Å². The maximum atomic E-state index is 12.2. The van der Waals surface area contributed by atoms with Gasteiger partial charge in [-0.05, 0) is 38.5 Å². The number of carboxylic acids is 1. The SMILES string of the molecule is CCCC/C=C/CCCCCCCCCCCCOC(=O)C1CCCCC1C(=O)[O-].[Na+]. The fourth-order valence-corrected chi connectivity index (χ4v) is 4.31. The number of esters is 1. The van der Waals surface area contributed by atoms with Crippen molar-refractivity contribution in [1.82, 2.24) is 0 Å². The second-order valence-electron chi connectivity index (χ2n) is 8.92. The van der Waals surface area contributed by atoms with Gasteiger partial charge < -0.3 is 14.6 Å². The standard InChI is InChI=1S/C26H46O4.Na/c1-2-3-4-5-6-7-8-9-10-11-12-13-14-15-16-19-22-30-26(29)24-21-18-17-20-23(24)25(27)28;/h5-6,23-24H,2-4,7-22H2,1H3,(H,27,28);/q;+1/p-1/b6-5+;. The monoisotopic (exact) mass is 444 g/mol. The number of hydrogen-bond donors (Lipinski definition) is 0. The molecule has 0 radical (unpaired) electrons. The molecule has 0 aromatic heterocycles. The minimum Gasteiger partial charge on any atom is -0.550 e. The Balaban J connectivity index is 0.00000900. The van der Waals surface area contributed by atoms with Crippen molar-refractivity contribution in [1.29, 1.82) is 0 Å². The Morgan fingerprint density at radius 2 is 1.26 bits per heavy atom. The van der Waals surface area contributed by atoms with Crippen LogP contribution in [0.25, 0.3) is 0 Å². The van der Waals surface area contributed by atoms with Crippen LogP contribution < -0.4 is 34.7 Å². The van der Waals surface area contributed by atoms with Crippen molar-refractivity contribution in [2.45, 2.75) is 122 Å². The van der Waals surface area contributed by atoms with Crippen LogP contribution in [-0.4, -0.2) is 18.5 Å². The van der Waals surface area contributed by atoms with Crippen LogP contribution in [0.2, 0.25) is 0 Å². The molecule has 174 valence electrons. The summed E-state index contributed by atoms with van der Waals surface area (Å²) < 4.78 is 5.35. The van der Waals surface area contributed by atoms with Gasteiger partial charge in [0.2, 0.25) is 0 Å². The van der Waals surface area contributed by atoms with E-state index in [4.69, 9.17) is 4.74 Å². The van der Waals surface area contributed by atoms with E-state index in [0.717, 1.165) is 25.7 Å². The first kappa shape index (κ1) is 30.7. The number of allylic oxidation sites excluding steroid dienone is 2. The van der Waals surface area contributed by atoms with Gasteiger partial charge in [-0.2, -0.15) is 0 Å². The van der Waals surface area contributed by atoms with Crippen molar-refractivity contribution in [3.8, 4) is 0 Å². The number of hydrogen-bond acceptors (Lipinski definition) is 4. The van der Waals surface area contributed by atoms with Crippen molar-refractivity contribution >= 4 is 11.9 Å². The largest absolute Gasteiger partial charge is 1.00 e. The molecular formula is C26H45NaO4. The molecule has 0 aromatic carbocycles. The molecule has 5 heteroatoms. The number of unbranched alkanes of at least 4 members (excludes halogenated alkanes) is 12. The average Bonchev–Trinajstić information content (AvgIpc) is 2.75. The Labute approximate surface area is 213 Å². The topological polar surface area (TPSA) is 66.4 Å². The van der Waals surface area contributed by atoms with Crippen molar-refractivity contribution in [3.05, 3.63) is 12.2 Å². The maximum Gasteiger partial charge on any atom is 1.00 e. The molecule has 2 unspecified atom stereocenters. The summed E-state index contributed by atoms with van der Waals surface area (Å²) in [5, 5.41) is 11.2. The van der Waals surface area contributed by atoms with E-state index in [0.29, 0.717) is 19.4 Å². The molecule has 4 nitrogen and oxygen atoms in total. The van der Waals surface area contributed by atoms with Crippen molar-refractivity contribution in [3.63, 3.8) is 0 Å². The predicted molar refractivity (Wildman–Crippen MR) is 121 cm³/mol. The molecule has 1 saturated carbocycles. The number of carboxylic acid groups (broad SMARTS) is 1. The number of ether oxygens (including phenoxy) is 1. The number of carbonyl (C=O) groups is 2. The molecule has 1 aliphatic carbocycles. The Hall–Kier alpha value is -0.320. The smallest absolute Gasteiger partial charge is 0.550 e. The van der Waals surface area contributed by atoms with E-state index in [2.05, 4.69) is 19.1 Å². The van der Waals surface area contributed by atoms with Gasteiger partial charge in [0.1, 0.15) is 0 Å². The van der Waals surface area contributed by atoms with Crippen molar-refractivity contribution in [2.75, 3.05) is 6.61 Å². The molecule has 1 fully saturated rings. The number of aliphatic carboxylic acids is 1. The summed E-state index contributed by atoms with van der Waals surface area (Å²) in [6, 6.07) is 0. The predicted octanol–water partition coefficient (Wildman–Crippen LogP) is 3.13. The molecule has 2 atom stereocenters. The number of carbonyl (C=O) groups excluding carboxylic acids is 2. The van der Waals surface area contributed by atoms with E-state index < -0.39 is 17.8 Å². The fourth-order valence-electron chi connectivity index (χ4n) is 4.31. The van der Waals surface area contributed by atoms with Crippen LogP contribution in [0.3, 0.4) is 0 Å². The minimum atomic E-state index is -1.10. The van der Waals surface area contributed by atoms with E-state index in [1.807, 2.05) is 0 Å². The van der Waals surface area contributed by atoms with Crippen LogP contribution in [0.15, 0.2) is 12.2 Å². The molecular weight excluding hydrogens is 399 g/mol. The summed E-state index contributed by atoms with van der Waals surface area (Å²) in [7, 11) is 0. The molecule has 31 heavy (non-hydrogen) atoms. The summed E-state index contributed by atoms with van der Waals surface area (Å²) in [4.78, 5) is 23.3. The zero-order chi connectivity index (χ0) is 21.9. The average molecular weight is 445 g/mol. The first-order valence-electron chi connectivity index (χ1n) is 12.7. The summed E-state index contributed by atoms with van der Waals surface area (Å²) >= 11 is 0. The van der Waals surface area contributed by atoms with Crippen LogP contribution in [0.5, 0.6) is 0 Å². The molecule has 0 amide bonds. The molecule has 1 aliphatic rings. The summed E-state index contributed by atoms with van der Waals surface area (Å²) in [5.74, 6) is -2.59. The van der Waals surface area contributed by atoms with Gasteiger partial charge in [0.05, 0.1) is 12.5 Å². The van der Waals surface area contributed by atoms with Crippen LogP contribution in [0, 0.1) is 11.8 Å². The maximum absolute atomic E-state index is 12.2. The van der Waals surface area contributed by atoms with Gasteiger partial charge in [-0.25, -0.2) is 0 Å². The molecule has 0 heterocycles. The van der Waals surface area contributed by atoms with Gasteiger partial charge in [0.15, 0.2) is 0 Å². The van der Waals surface area contributed by atoms with E-state index in [-0.39, 0.29) is 35.5 Å². The van der Waals surface area contributed by atoms with Crippen LogP contribution in [0.1, 0.15) is 122 Å². The fraction of sp³-hybridized carbons (Fsp3) is 0.846. The summed E-state index contributed by atoms with van der Waals surface area (Å²) in [6.45, 7) is 2.66. The van der Waals surface area contributed by atoms with Crippen molar-refractivity contribution < 1.29 is 49.0 Å². The zero-order valence-electron chi connectivity index (χ0n) is 20.4. The molecule has 0 spiro atoms. The third-order valence-corrected chi connectivity index (χ3v) is 6.27. The van der Waals surface area contributed by atoms with Gasteiger partial charge in [-0.1, -0.05) is 96.1 Å². The van der Waals surface area contributed by atoms with Gasteiger partial charge >= 0.3 is 35.5 Å². The third-order valence-electron chi connectivity index (χ3n) is 6.27. The van der Waals surface area contributed by atoms with Gasteiger partial charge in [0, 0.05) is 11.9 Å². The normalized spacial score (nSPS) is 18.6. The summed E-state index contributed by atoms with van der Waals surface area (Å²) in [5.41, 5.74) is 0. The van der Waals surface area contributed by atoms with Crippen LogP contribution in [-0.2, 0) is 14.3 Å². The van der Waals surface area contributed by atoms with E-state index in [1.165, 1.54) is 77.0 Å². The molecule has 1 rings (SSSR count). The molecule has 0 N–H and O–H groups in total. The third kappa shape index (κ3) is 16.0. The Morgan fingerprint density at radius 1 is 0.774 bits per heavy atom. The van der Waals surface area contributed by atoms with E-state index >= 15 is 0 Å². The Bertz CT molecular complexity index is 478. The second kappa shape index (κ2) is 21.5. The van der Waals surface area contributed by atoms with Crippen LogP contribution in [0.4, 0.5) is 0 Å². The first-order valence-corrected chi connectivity index (χ1v) is 12.7. The molecule has 0 aromatic rings. The quantitative estimate of drug-likeness (QED) is 0.141. The molecule has 0 saturated heterocycles. The Kier molecular flexibility index (Phi) is 21.3. The van der Waals surface area contributed by atoms with Crippen LogP contribution >= 0.6 is 0 Å². The van der Waals surface area contributed by atoms with Gasteiger partial charge in [-0.15, -0.1) is 0 Å². The molecule has 0 aliphatic heterocycles. The number of rotatable bonds is 18. The van der Waals surface area contributed by atoms with Gasteiger partial charge in [-0.3, -0.25) is 4.79 Å². The van der Waals surface area contributed by atoms with E-state index in [1.54, 1.807) is 0 Å². The Morgan fingerprint density at radius 3 is 1.81 bits per heavy atom. The first-order chi connectivity index (χ1) is 14.7. The minimum absolute atomic E-state index is 0. The van der Waals surface area contributed by atoms with Gasteiger partial charge in [0.25, 0.3) is 0 Å². The van der Waals surface area contributed by atoms with Crippen molar-refractivity contribution in [2.24, 2.45) is 11.8 Å². The summed E-state index contributed by atoms with van der Waals surface area (Å²) in [6.07, 6.45) is 25.1. The zero-order valence-corrected chi connectivity index (χ0v) is 22.4. The molecule has 0 bridgehead atoms.